The molecule has 1 spiro atoms. The quantitative estimate of drug-likeness (QED) is 0.633. The maximum absolute atomic E-state index is 3.52. The summed E-state index contributed by atoms with van der Waals surface area (Å²) in [4.78, 5) is 2.70. The highest BCUT2D eigenvalue weighted by Gasteiger charge is 2.44. The summed E-state index contributed by atoms with van der Waals surface area (Å²) in [5.41, 5.74) is 0.562. The molecule has 0 unspecified atom stereocenters. The smallest absolute Gasteiger partial charge is 0.0337 e. The molecule has 0 radical (unpaired) electrons. The van der Waals surface area contributed by atoms with Crippen LogP contribution in [0.5, 0.6) is 0 Å². The summed E-state index contributed by atoms with van der Waals surface area (Å²) in [5, 5.41) is 3.52. The van der Waals surface area contributed by atoms with Crippen LogP contribution in [0, 0.1) is 0 Å². The molecule has 2 heteroatoms. The molecule has 2 rings (SSSR count). The second kappa shape index (κ2) is 3.00. The van der Waals surface area contributed by atoms with Gasteiger partial charge in [0.05, 0.1) is 0 Å². The zero-order valence-electron chi connectivity index (χ0n) is 8.27. The van der Waals surface area contributed by atoms with Crippen LogP contribution < -0.4 is 5.32 Å². The molecular weight excluding hydrogens is 148 g/mol. The van der Waals surface area contributed by atoms with Crippen molar-refractivity contribution in [1.29, 1.82) is 0 Å². The molecule has 1 saturated carbocycles. The lowest BCUT2D eigenvalue weighted by molar-refractivity contribution is -0.0256. The van der Waals surface area contributed by atoms with E-state index in [4.69, 9.17) is 0 Å². The predicted molar refractivity (Wildman–Crippen MR) is 51.3 cm³/mol. The van der Waals surface area contributed by atoms with E-state index >= 15 is 0 Å². The van der Waals surface area contributed by atoms with E-state index in [9.17, 15) is 0 Å². The molecule has 2 aliphatic rings. The van der Waals surface area contributed by atoms with Crippen LogP contribution in [0.25, 0.3) is 0 Å². The van der Waals surface area contributed by atoms with Gasteiger partial charge < -0.3 is 5.32 Å². The third-order valence-corrected chi connectivity index (χ3v) is 3.50. The highest BCUT2D eigenvalue weighted by Crippen LogP contribution is 2.39. The Bertz CT molecular complexity index is 161. The largest absolute Gasteiger partial charge is 0.314 e. The minimum atomic E-state index is 0.562. The number of nitrogens with zero attached hydrogens (tertiary/aromatic N) is 1. The van der Waals surface area contributed by atoms with E-state index in [1.165, 1.54) is 38.9 Å². The van der Waals surface area contributed by atoms with Crippen LogP contribution in [0.3, 0.4) is 0 Å². The second-order valence-corrected chi connectivity index (χ2v) is 4.54. The van der Waals surface area contributed by atoms with E-state index in [-0.39, 0.29) is 0 Å². The SMILES string of the molecule is CC(C)N1CCNCC12CCC2. The third-order valence-electron chi connectivity index (χ3n) is 3.50. The molecule has 12 heavy (non-hydrogen) atoms. The summed E-state index contributed by atoms with van der Waals surface area (Å²) in [5.74, 6) is 0. The van der Waals surface area contributed by atoms with E-state index in [0.29, 0.717) is 5.54 Å². The molecule has 1 aliphatic heterocycles. The number of piperazine rings is 1. The van der Waals surface area contributed by atoms with Crippen molar-refractivity contribution >= 4 is 0 Å². The molecule has 2 fully saturated rings. The van der Waals surface area contributed by atoms with Gasteiger partial charge in [0.2, 0.25) is 0 Å². The first-order valence-corrected chi connectivity index (χ1v) is 5.22. The van der Waals surface area contributed by atoms with Crippen LogP contribution >= 0.6 is 0 Å². The van der Waals surface area contributed by atoms with Gasteiger partial charge in [-0.05, 0) is 33.1 Å². The number of hydrogen-bond donors (Lipinski definition) is 1. The van der Waals surface area contributed by atoms with Crippen molar-refractivity contribution < 1.29 is 0 Å². The summed E-state index contributed by atoms with van der Waals surface area (Å²) in [6.07, 6.45) is 4.27. The molecule has 0 aromatic carbocycles. The maximum atomic E-state index is 3.52. The Kier molecular flexibility index (Phi) is 2.13. The molecule has 1 saturated heterocycles. The molecule has 0 aromatic rings. The van der Waals surface area contributed by atoms with Crippen LogP contribution in [0.4, 0.5) is 0 Å². The third kappa shape index (κ3) is 1.17. The molecule has 1 N–H and O–H groups in total. The van der Waals surface area contributed by atoms with Crippen molar-refractivity contribution in [2.45, 2.75) is 44.7 Å². The van der Waals surface area contributed by atoms with E-state index in [0.717, 1.165) is 6.04 Å². The lowest BCUT2D eigenvalue weighted by Crippen LogP contribution is -2.66. The zero-order valence-corrected chi connectivity index (χ0v) is 8.27. The summed E-state index contributed by atoms with van der Waals surface area (Å²) < 4.78 is 0. The molecule has 0 aromatic heterocycles. The maximum Gasteiger partial charge on any atom is 0.0337 e. The van der Waals surface area contributed by atoms with Crippen LogP contribution in [0.1, 0.15) is 33.1 Å². The lowest BCUT2D eigenvalue weighted by atomic mass is 9.73. The van der Waals surface area contributed by atoms with Gasteiger partial charge in [-0.25, -0.2) is 0 Å². The average Bonchev–Trinajstić information content (AvgIpc) is 2.01. The Morgan fingerprint density at radius 2 is 2.08 bits per heavy atom. The standard InChI is InChI=1S/C10H20N2/c1-9(2)12-7-6-11-8-10(12)4-3-5-10/h9,11H,3-8H2,1-2H3. The Morgan fingerprint density at radius 3 is 2.50 bits per heavy atom. The first kappa shape index (κ1) is 8.52. The highest BCUT2D eigenvalue weighted by molar-refractivity contribution is 5.02. The van der Waals surface area contributed by atoms with Gasteiger partial charge in [-0.15, -0.1) is 0 Å². The van der Waals surface area contributed by atoms with Crippen LogP contribution in [-0.2, 0) is 0 Å². The molecule has 1 heterocycles. The topological polar surface area (TPSA) is 15.3 Å². The molecular formula is C10H20N2. The van der Waals surface area contributed by atoms with Crippen LogP contribution in [-0.4, -0.2) is 36.1 Å². The van der Waals surface area contributed by atoms with Gasteiger partial charge >= 0.3 is 0 Å². The van der Waals surface area contributed by atoms with E-state index in [1.54, 1.807) is 0 Å². The van der Waals surface area contributed by atoms with Gasteiger partial charge in [0, 0.05) is 31.2 Å². The summed E-state index contributed by atoms with van der Waals surface area (Å²) in [7, 11) is 0. The van der Waals surface area contributed by atoms with Crippen LogP contribution in [0.15, 0.2) is 0 Å². The van der Waals surface area contributed by atoms with Gasteiger partial charge in [0.15, 0.2) is 0 Å². The zero-order chi connectivity index (χ0) is 8.60. The Labute approximate surface area is 75.3 Å². The molecule has 0 atom stereocenters. The number of nitrogens with one attached hydrogen (secondary N) is 1. The van der Waals surface area contributed by atoms with Gasteiger partial charge in [0.1, 0.15) is 0 Å². The van der Waals surface area contributed by atoms with E-state index in [1.807, 2.05) is 0 Å². The normalized spacial score (nSPS) is 29.2. The molecule has 0 amide bonds. The minimum Gasteiger partial charge on any atom is -0.314 e. The monoisotopic (exact) mass is 168 g/mol. The summed E-state index contributed by atoms with van der Waals surface area (Å²) >= 11 is 0. The lowest BCUT2D eigenvalue weighted by Gasteiger charge is -2.55. The minimum absolute atomic E-state index is 0.562. The number of rotatable bonds is 1. The van der Waals surface area contributed by atoms with Gasteiger partial charge in [-0.1, -0.05) is 0 Å². The van der Waals surface area contributed by atoms with Crippen molar-refractivity contribution in [3.63, 3.8) is 0 Å². The van der Waals surface area contributed by atoms with Gasteiger partial charge in [-0.3, -0.25) is 4.90 Å². The van der Waals surface area contributed by atoms with E-state index in [2.05, 4.69) is 24.1 Å². The fraction of sp³-hybridized carbons (Fsp3) is 1.00. The first-order valence-electron chi connectivity index (χ1n) is 5.22. The fourth-order valence-corrected chi connectivity index (χ4v) is 2.71. The van der Waals surface area contributed by atoms with Gasteiger partial charge in [-0.2, -0.15) is 0 Å². The van der Waals surface area contributed by atoms with Crippen molar-refractivity contribution in [3.05, 3.63) is 0 Å². The van der Waals surface area contributed by atoms with E-state index < -0.39 is 0 Å². The Morgan fingerprint density at radius 1 is 1.33 bits per heavy atom. The van der Waals surface area contributed by atoms with Crippen molar-refractivity contribution in [2.24, 2.45) is 0 Å². The molecule has 0 bridgehead atoms. The van der Waals surface area contributed by atoms with Gasteiger partial charge in [0.25, 0.3) is 0 Å². The molecule has 70 valence electrons. The van der Waals surface area contributed by atoms with Crippen LogP contribution in [0.2, 0.25) is 0 Å². The number of hydrogen-bond acceptors (Lipinski definition) is 2. The Hall–Kier alpha value is -0.0800. The molecule has 2 nitrogen and oxygen atoms in total. The summed E-state index contributed by atoms with van der Waals surface area (Å²) in [6, 6.07) is 0.729. The predicted octanol–water partition coefficient (Wildman–Crippen LogP) is 1.22. The van der Waals surface area contributed by atoms with Crippen molar-refractivity contribution in [2.75, 3.05) is 19.6 Å². The fourth-order valence-electron chi connectivity index (χ4n) is 2.71. The summed E-state index contributed by atoms with van der Waals surface area (Å²) in [6.45, 7) is 8.31. The highest BCUT2D eigenvalue weighted by atomic mass is 15.3. The van der Waals surface area contributed by atoms with Crippen molar-refractivity contribution in [1.82, 2.24) is 10.2 Å². The van der Waals surface area contributed by atoms with Crippen molar-refractivity contribution in [3.8, 4) is 0 Å². The first-order chi connectivity index (χ1) is 5.75. The Balaban J connectivity index is 2.06. The average molecular weight is 168 g/mol. The second-order valence-electron chi connectivity index (χ2n) is 4.54. The molecule has 1 aliphatic carbocycles.